The van der Waals surface area contributed by atoms with Crippen molar-refractivity contribution in [1.82, 2.24) is 9.21 Å². The number of carbonyl (C=O) groups excluding carboxylic acids is 1. The van der Waals surface area contributed by atoms with Crippen molar-refractivity contribution in [2.75, 3.05) is 27.2 Å². The van der Waals surface area contributed by atoms with Gasteiger partial charge in [-0.15, -0.1) is 0 Å². The van der Waals surface area contributed by atoms with E-state index in [-0.39, 0.29) is 22.8 Å². The molecule has 1 aliphatic heterocycles. The maximum atomic E-state index is 12.8. The zero-order valence-corrected chi connectivity index (χ0v) is 16.5. The largest absolute Gasteiger partial charge is 0.497 e. The van der Waals surface area contributed by atoms with E-state index in [1.165, 1.54) is 17.1 Å². The van der Waals surface area contributed by atoms with Crippen LogP contribution in [-0.4, -0.2) is 56.8 Å². The summed E-state index contributed by atoms with van der Waals surface area (Å²) in [7, 11) is -0.0945. The van der Waals surface area contributed by atoms with E-state index in [4.69, 9.17) is 4.74 Å². The Bertz CT molecular complexity index is 735. The molecule has 2 aliphatic rings. The van der Waals surface area contributed by atoms with Crippen LogP contribution in [-0.2, 0) is 14.8 Å². The highest BCUT2D eigenvalue weighted by Gasteiger charge is 2.37. The number of carbonyl (C=O) groups is 1. The van der Waals surface area contributed by atoms with Crippen molar-refractivity contribution >= 4 is 15.9 Å². The van der Waals surface area contributed by atoms with Crippen molar-refractivity contribution in [2.24, 2.45) is 11.8 Å². The molecule has 1 amide bonds. The van der Waals surface area contributed by atoms with E-state index in [0.29, 0.717) is 37.6 Å². The topological polar surface area (TPSA) is 66.9 Å². The molecule has 26 heavy (non-hydrogen) atoms. The predicted molar refractivity (Wildman–Crippen MR) is 99.4 cm³/mol. The molecule has 1 saturated heterocycles. The maximum absolute atomic E-state index is 12.8. The Kier molecular flexibility index (Phi) is 5.58. The molecule has 0 N–H and O–H groups in total. The Morgan fingerprint density at radius 1 is 1.15 bits per heavy atom. The number of nitrogens with zero attached hydrogens (tertiary/aromatic N) is 2. The number of benzene rings is 1. The van der Waals surface area contributed by atoms with Crippen LogP contribution in [0.1, 0.15) is 32.6 Å². The van der Waals surface area contributed by atoms with Gasteiger partial charge >= 0.3 is 0 Å². The lowest BCUT2D eigenvalue weighted by Gasteiger charge is -2.34. The lowest BCUT2D eigenvalue weighted by Crippen LogP contribution is -2.45. The van der Waals surface area contributed by atoms with Crippen LogP contribution in [0, 0.1) is 11.8 Å². The minimum absolute atomic E-state index is 0.0801. The van der Waals surface area contributed by atoms with Gasteiger partial charge in [-0.1, -0.05) is 0 Å². The van der Waals surface area contributed by atoms with E-state index < -0.39 is 10.0 Å². The van der Waals surface area contributed by atoms with Gasteiger partial charge in [-0.05, 0) is 62.8 Å². The summed E-state index contributed by atoms with van der Waals surface area (Å²) in [5.41, 5.74) is 0. The summed E-state index contributed by atoms with van der Waals surface area (Å²) in [5.74, 6) is 1.34. The fraction of sp³-hybridized carbons (Fsp3) is 0.632. The van der Waals surface area contributed by atoms with Gasteiger partial charge in [-0.3, -0.25) is 4.79 Å². The van der Waals surface area contributed by atoms with E-state index in [1.54, 1.807) is 31.4 Å². The van der Waals surface area contributed by atoms with Crippen LogP contribution in [0.25, 0.3) is 0 Å². The Labute approximate surface area is 156 Å². The summed E-state index contributed by atoms with van der Waals surface area (Å²) in [6.07, 6.45) is 3.57. The van der Waals surface area contributed by atoms with Gasteiger partial charge in [0.1, 0.15) is 5.75 Å². The zero-order valence-electron chi connectivity index (χ0n) is 15.7. The molecule has 1 heterocycles. The first-order valence-corrected chi connectivity index (χ1v) is 10.7. The van der Waals surface area contributed by atoms with Gasteiger partial charge in [0.15, 0.2) is 0 Å². The molecule has 0 bridgehead atoms. The van der Waals surface area contributed by atoms with Gasteiger partial charge in [-0.2, -0.15) is 4.31 Å². The van der Waals surface area contributed by atoms with Crippen molar-refractivity contribution in [3.05, 3.63) is 24.3 Å². The predicted octanol–water partition coefficient (Wildman–Crippen LogP) is 2.35. The summed E-state index contributed by atoms with van der Waals surface area (Å²) in [6, 6.07) is 6.71. The molecule has 0 aromatic heterocycles. The summed E-state index contributed by atoms with van der Waals surface area (Å²) in [5, 5.41) is 0. The number of methoxy groups -OCH3 is 1. The molecule has 6 nitrogen and oxygen atoms in total. The molecule has 0 spiro atoms. The van der Waals surface area contributed by atoms with Crippen molar-refractivity contribution in [3.63, 3.8) is 0 Å². The van der Waals surface area contributed by atoms with E-state index in [1.807, 2.05) is 11.9 Å². The van der Waals surface area contributed by atoms with Gasteiger partial charge < -0.3 is 9.64 Å². The first-order valence-electron chi connectivity index (χ1n) is 9.25. The number of ether oxygens (including phenoxy) is 1. The first kappa shape index (κ1) is 19.2. The summed E-state index contributed by atoms with van der Waals surface area (Å²) >= 11 is 0. The standard InChI is InChI=1S/C19H28N2O4S/c1-14(15-4-5-15)20(2)19(22)16-10-12-21(13-11-16)26(23,24)18-8-6-17(25-3)7-9-18/h6-9,14-16H,4-5,10-13H2,1-3H3. The fourth-order valence-corrected chi connectivity index (χ4v) is 5.09. The zero-order chi connectivity index (χ0) is 18.9. The normalized spacial score (nSPS) is 20.6. The monoisotopic (exact) mass is 380 g/mol. The molecule has 1 aliphatic carbocycles. The van der Waals surface area contributed by atoms with Crippen LogP contribution in [0.5, 0.6) is 5.75 Å². The highest BCUT2D eigenvalue weighted by atomic mass is 32.2. The Balaban J connectivity index is 1.60. The molecule has 3 rings (SSSR count). The van der Waals surface area contributed by atoms with Crippen LogP contribution in [0.3, 0.4) is 0 Å². The number of sulfonamides is 1. The molecular formula is C19H28N2O4S. The molecule has 1 aromatic carbocycles. The molecule has 144 valence electrons. The number of amides is 1. The van der Waals surface area contributed by atoms with Crippen LogP contribution in [0.4, 0.5) is 0 Å². The molecule has 7 heteroatoms. The van der Waals surface area contributed by atoms with E-state index >= 15 is 0 Å². The summed E-state index contributed by atoms with van der Waals surface area (Å²) in [4.78, 5) is 14.8. The lowest BCUT2D eigenvalue weighted by molar-refractivity contribution is -0.137. The third kappa shape index (κ3) is 3.88. The first-order chi connectivity index (χ1) is 12.3. The summed E-state index contributed by atoms with van der Waals surface area (Å²) in [6.45, 7) is 2.88. The second kappa shape index (κ2) is 7.56. The SMILES string of the molecule is COc1ccc(S(=O)(=O)N2CCC(C(=O)N(C)C(C)C3CC3)CC2)cc1. The van der Waals surface area contributed by atoms with E-state index in [9.17, 15) is 13.2 Å². The van der Waals surface area contributed by atoms with Crippen LogP contribution in [0.15, 0.2) is 29.2 Å². The number of hydrogen-bond acceptors (Lipinski definition) is 4. The Morgan fingerprint density at radius 2 is 1.73 bits per heavy atom. The van der Waals surface area contributed by atoms with E-state index in [2.05, 4.69) is 6.92 Å². The molecule has 2 fully saturated rings. The average molecular weight is 381 g/mol. The molecule has 1 unspecified atom stereocenters. The third-order valence-corrected chi connectivity index (χ3v) is 7.68. The van der Waals surface area contributed by atoms with Crippen LogP contribution < -0.4 is 4.74 Å². The molecular weight excluding hydrogens is 352 g/mol. The Morgan fingerprint density at radius 3 is 2.23 bits per heavy atom. The minimum Gasteiger partial charge on any atom is -0.497 e. The second-order valence-electron chi connectivity index (χ2n) is 7.38. The molecule has 1 atom stereocenters. The minimum atomic E-state index is -3.52. The lowest BCUT2D eigenvalue weighted by atomic mass is 9.96. The van der Waals surface area contributed by atoms with Gasteiger partial charge in [0, 0.05) is 32.1 Å². The van der Waals surface area contributed by atoms with Crippen molar-refractivity contribution in [3.8, 4) is 5.75 Å². The third-order valence-electron chi connectivity index (χ3n) is 5.76. The average Bonchev–Trinajstić information content (AvgIpc) is 3.51. The highest BCUT2D eigenvalue weighted by molar-refractivity contribution is 7.89. The number of piperidine rings is 1. The van der Waals surface area contributed by atoms with Crippen molar-refractivity contribution in [1.29, 1.82) is 0 Å². The van der Waals surface area contributed by atoms with Gasteiger partial charge in [-0.25, -0.2) is 8.42 Å². The van der Waals surface area contributed by atoms with Gasteiger partial charge in [0.05, 0.1) is 12.0 Å². The molecule has 1 aromatic rings. The fourth-order valence-electron chi connectivity index (χ4n) is 3.62. The van der Waals surface area contributed by atoms with Crippen LogP contribution in [0.2, 0.25) is 0 Å². The summed E-state index contributed by atoms with van der Waals surface area (Å²) < 4.78 is 32.2. The van der Waals surface area contributed by atoms with Gasteiger partial charge in [0.2, 0.25) is 15.9 Å². The van der Waals surface area contributed by atoms with Crippen molar-refractivity contribution < 1.29 is 17.9 Å². The van der Waals surface area contributed by atoms with Gasteiger partial charge in [0.25, 0.3) is 0 Å². The van der Waals surface area contributed by atoms with Crippen LogP contribution >= 0.6 is 0 Å². The second-order valence-corrected chi connectivity index (χ2v) is 9.32. The maximum Gasteiger partial charge on any atom is 0.243 e. The van der Waals surface area contributed by atoms with Crippen molar-refractivity contribution in [2.45, 2.75) is 43.5 Å². The van der Waals surface area contributed by atoms with E-state index in [0.717, 1.165) is 0 Å². The molecule has 1 saturated carbocycles. The number of hydrogen-bond donors (Lipinski definition) is 0. The quantitative estimate of drug-likeness (QED) is 0.760. The Hall–Kier alpha value is -1.60. The number of rotatable bonds is 6. The highest BCUT2D eigenvalue weighted by Crippen LogP contribution is 2.35. The smallest absolute Gasteiger partial charge is 0.243 e. The molecule has 0 radical (unpaired) electrons.